The van der Waals surface area contributed by atoms with Gasteiger partial charge in [-0.3, -0.25) is 0 Å². The van der Waals surface area contributed by atoms with Crippen LogP contribution in [0.5, 0.6) is 0 Å². The molecule has 0 radical (unpaired) electrons. The van der Waals surface area contributed by atoms with Crippen LogP contribution in [0.3, 0.4) is 0 Å². The Morgan fingerprint density at radius 2 is 1.24 bits per heavy atom. The van der Waals surface area contributed by atoms with Crippen molar-refractivity contribution in [2.24, 2.45) is 0 Å². The van der Waals surface area contributed by atoms with Gasteiger partial charge < -0.3 is 5.32 Å². The van der Waals surface area contributed by atoms with Crippen molar-refractivity contribution in [3.05, 3.63) is 71.3 Å². The third kappa shape index (κ3) is 4.08. The summed E-state index contributed by atoms with van der Waals surface area (Å²) in [5.74, 6) is 0. The van der Waals surface area contributed by atoms with Gasteiger partial charge in [0.2, 0.25) is 0 Å². The lowest BCUT2D eigenvalue weighted by molar-refractivity contribution is -0.137. The highest BCUT2D eigenvalue weighted by Gasteiger charge is 2.30. The monoisotopic (exact) mass is 293 g/mol. The highest BCUT2D eigenvalue weighted by atomic mass is 19.4. The van der Waals surface area contributed by atoms with E-state index in [1.807, 2.05) is 44.2 Å². The summed E-state index contributed by atoms with van der Waals surface area (Å²) in [7, 11) is 0. The summed E-state index contributed by atoms with van der Waals surface area (Å²) >= 11 is 0. The van der Waals surface area contributed by atoms with E-state index in [9.17, 15) is 13.2 Å². The summed E-state index contributed by atoms with van der Waals surface area (Å²) in [6.07, 6.45) is -4.29. The molecule has 4 heteroatoms. The minimum absolute atomic E-state index is 0.0255. The first-order valence-corrected chi connectivity index (χ1v) is 6.86. The van der Waals surface area contributed by atoms with E-state index in [-0.39, 0.29) is 12.1 Å². The Labute approximate surface area is 122 Å². The molecule has 0 fully saturated rings. The van der Waals surface area contributed by atoms with Gasteiger partial charge in [-0.1, -0.05) is 42.5 Å². The van der Waals surface area contributed by atoms with Gasteiger partial charge in [0.15, 0.2) is 0 Å². The largest absolute Gasteiger partial charge is 0.416 e. The predicted molar refractivity (Wildman–Crippen MR) is 77.9 cm³/mol. The Bertz CT molecular complexity index is 561. The van der Waals surface area contributed by atoms with Gasteiger partial charge in [-0.2, -0.15) is 13.2 Å². The van der Waals surface area contributed by atoms with Crippen molar-refractivity contribution in [1.82, 2.24) is 5.32 Å². The summed E-state index contributed by atoms with van der Waals surface area (Å²) in [5, 5.41) is 3.39. The molecule has 2 rings (SSSR count). The molecule has 2 aromatic rings. The van der Waals surface area contributed by atoms with Crippen LogP contribution in [0.2, 0.25) is 0 Å². The Kier molecular flexibility index (Phi) is 4.68. The highest BCUT2D eigenvalue weighted by Crippen LogP contribution is 2.30. The lowest BCUT2D eigenvalue weighted by Gasteiger charge is -2.21. The van der Waals surface area contributed by atoms with Crippen LogP contribution in [0.4, 0.5) is 13.2 Å². The molecule has 0 bridgehead atoms. The van der Waals surface area contributed by atoms with Crippen molar-refractivity contribution in [1.29, 1.82) is 0 Å². The Balaban J connectivity index is 2.05. The summed E-state index contributed by atoms with van der Waals surface area (Å²) in [6, 6.07) is 15.3. The number of hydrogen-bond donors (Lipinski definition) is 1. The van der Waals surface area contributed by atoms with E-state index in [1.165, 1.54) is 12.1 Å². The molecule has 1 nitrogen and oxygen atoms in total. The molecule has 0 aromatic heterocycles. The average Bonchev–Trinajstić information content (AvgIpc) is 2.47. The Morgan fingerprint density at radius 3 is 1.71 bits per heavy atom. The lowest BCUT2D eigenvalue weighted by atomic mass is 10.0. The SMILES string of the molecule is CC(N[C@H](C)c1ccc(C(F)(F)F)cc1)c1ccccc1. The van der Waals surface area contributed by atoms with Crippen molar-refractivity contribution < 1.29 is 13.2 Å². The first kappa shape index (κ1) is 15.6. The summed E-state index contributed by atoms with van der Waals surface area (Å²) in [5.41, 5.74) is 1.37. The number of nitrogens with one attached hydrogen (secondary N) is 1. The fourth-order valence-electron chi connectivity index (χ4n) is 2.27. The molecule has 2 atom stereocenters. The zero-order chi connectivity index (χ0) is 15.5. The maximum Gasteiger partial charge on any atom is 0.416 e. The fraction of sp³-hybridized carbons (Fsp3) is 0.294. The average molecular weight is 293 g/mol. The molecular weight excluding hydrogens is 275 g/mol. The predicted octanol–water partition coefficient (Wildman–Crippen LogP) is 5.12. The number of rotatable bonds is 4. The van der Waals surface area contributed by atoms with E-state index in [0.717, 1.165) is 23.3 Å². The second kappa shape index (κ2) is 6.31. The van der Waals surface area contributed by atoms with E-state index in [2.05, 4.69) is 5.32 Å². The summed E-state index contributed by atoms with van der Waals surface area (Å²) in [6.45, 7) is 3.98. The molecular formula is C17H18F3N. The summed E-state index contributed by atoms with van der Waals surface area (Å²) in [4.78, 5) is 0. The van der Waals surface area contributed by atoms with Crippen LogP contribution >= 0.6 is 0 Å². The second-order valence-electron chi connectivity index (χ2n) is 5.14. The van der Waals surface area contributed by atoms with Crippen molar-refractivity contribution in [2.75, 3.05) is 0 Å². The van der Waals surface area contributed by atoms with E-state index in [1.54, 1.807) is 0 Å². The van der Waals surface area contributed by atoms with E-state index in [4.69, 9.17) is 0 Å². The molecule has 1 unspecified atom stereocenters. The molecule has 0 amide bonds. The number of benzene rings is 2. The zero-order valence-electron chi connectivity index (χ0n) is 12.0. The van der Waals surface area contributed by atoms with Gasteiger partial charge in [0.05, 0.1) is 5.56 Å². The van der Waals surface area contributed by atoms with Crippen molar-refractivity contribution >= 4 is 0 Å². The molecule has 112 valence electrons. The van der Waals surface area contributed by atoms with Crippen LogP contribution < -0.4 is 5.32 Å². The highest BCUT2D eigenvalue weighted by molar-refractivity contribution is 5.27. The Hall–Kier alpha value is -1.81. The van der Waals surface area contributed by atoms with Crippen molar-refractivity contribution in [2.45, 2.75) is 32.1 Å². The molecule has 0 spiro atoms. The quantitative estimate of drug-likeness (QED) is 0.825. The molecule has 0 saturated heterocycles. The summed E-state index contributed by atoms with van der Waals surface area (Å²) < 4.78 is 37.6. The van der Waals surface area contributed by atoms with Crippen LogP contribution in [0.1, 0.15) is 42.6 Å². The first-order valence-electron chi connectivity index (χ1n) is 6.86. The van der Waals surface area contributed by atoms with Gasteiger partial charge in [0.1, 0.15) is 0 Å². The van der Waals surface area contributed by atoms with Crippen LogP contribution in [0.25, 0.3) is 0 Å². The molecule has 0 aliphatic carbocycles. The molecule has 0 heterocycles. The lowest BCUT2D eigenvalue weighted by Crippen LogP contribution is -2.22. The number of hydrogen-bond acceptors (Lipinski definition) is 1. The van der Waals surface area contributed by atoms with E-state index >= 15 is 0 Å². The van der Waals surface area contributed by atoms with Crippen LogP contribution in [-0.2, 0) is 6.18 Å². The smallest absolute Gasteiger partial charge is 0.304 e. The normalized spacial score (nSPS) is 14.7. The molecule has 21 heavy (non-hydrogen) atoms. The van der Waals surface area contributed by atoms with Crippen molar-refractivity contribution in [3.63, 3.8) is 0 Å². The van der Waals surface area contributed by atoms with Gasteiger partial charge in [-0.25, -0.2) is 0 Å². The number of alkyl halides is 3. The molecule has 1 N–H and O–H groups in total. The van der Waals surface area contributed by atoms with Gasteiger partial charge in [0.25, 0.3) is 0 Å². The van der Waals surface area contributed by atoms with Crippen LogP contribution in [0, 0.1) is 0 Å². The molecule has 0 aliphatic heterocycles. The topological polar surface area (TPSA) is 12.0 Å². The third-order valence-corrected chi connectivity index (χ3v) is 3.54. The van der Waals surface area contributed by atoms with Gasteiger partial charge in [-0.15, -0.1) is 0 Å². The Morgan fingerprint density at radius 1 is 0.762 bits per heavy atom. The minimum Gasteiger partial charge on any atom is -0.304 e. The zero-order valence-corrected chi connectivity index (χ0v) is 12.0. The minimum atomic E-state index is -4.29. The third-order valence-electron chi connectivity index (χ3n) is 3.54. The first-order chi connectivity index (χ1) is 9.88. The van der Waals surface area contributed by atoms with Crippen LogP contribution in [0.15, 0.2) is 54.6 Å². The number of halogens is 3. The van der Waals surface area contributed by atoms with Crippen molar-refractivity contribution in [3.8, 4) is 0 Å². The van der Waals surface area contributed by atoms with E-state index in [0.29, 0.717) is 0 Å². The second-order valence-corrected chi connectivity index (χ2v) is 5.14. The van der Waals surface area contributed by atoms with Crippen LogP contribution in [-0.4, -0.2) is 0 Å². The standard InChI is InChI=1S/C17H18F3N/c1-12(14-6-4-3-5-7-14)21-13(2)15-8-10-16(11-9-15)17(18,19)20/h3-13,21H,1-2H3/t12?,13-/m1/s1. The van der Waals surface area contributed by atoms with Gasteiger partial charge in [0, 0.05) is 12.1 Å². The fourth-order valence-corrected chi connectivity index (χ4v) is 2.27. The molecule has 0 saturated carbocycles. The van der Waals surface area contributed by atoms with Gasteiger partial charge in [-0.05, 0) is 37.1 Å². The molecule has 0 aliphatic rings. The maximum absolute atomic E-state index is 12.5. The van der Waals surface area contributed by atoms with Gasteiger partial charge >= 0.3 is 6.18 Å². The molecule has 2 aromatic carbocycles. The maximum atomic E-state index is 12.5. The van der Waals surface area contributed by atoms with E-state index < -0.39 is 11.7 Å².